The summed E-state index contributed by atoms with van der Waals surface area (Å²) in [7, 11) is 0. The smallest absolute Gasteiger partial charge is 0.154 e. The number of aryl methyl sites for hydroxylation is 3. The van der Waals surface area contributed by atoms with E-state index in [-0.39, 0.29) is 0 Å². The Balaban J connectivity index is 1.90. The number of aromatic amines is 1. The summed E-state index contributed by atoms with van der Waals surface area (Å²) in [6, 6.07) is 0. The summed E-state index contributed by atoms with van der Waals surface area (Å²) in [5.74, 6) is 0.607. The van der Waals surface area contributed by atoms with Crippen LogP contribution >= 0.6 is 0 Å². The Morgan fingerprint density at radius 3 is 2.73 bits per heavy atom. The second kappa shape index (κ2) is 5.94. The van der Waals surface area contributed by atoms with Crippen molar-refractivity contribution < 1.29 is 5.21 Å². The van der Waals surface area contributed by atoms with Crippen LogP contribution in [0, 0.1) is 20.8 Å². The first kappa shape index (κ1) is 14.8. The molecular formula is C16H23N5O. The molecule has 3 rings (SSSR count). The third-order valence-electron chi connectivity index (χ3n) is 4.44. The minimum absolute atomic E-state index is 0.607. The van der Waals surface area contributed by atoms with Gasteiger partial charge in [0.15, 0.2) is 5.49 Å². The minimum Gasteiger partial charge on any atom is -0.427 e. The summed E-state index contributed by atoms with van der Waals surface area (Å²) in [6.45, 7) is 6.56. The van der Waals surface area contributed by atoms with Gasteiger partial charge in [0.05, 0.1) is 11.4 Å². The zero-order chi connectivity index (χ0) is 15.7. The van der Waals surface area contributed by atoms with Crippen LogP contribution in [0.3, 0.4) is 0 Å². The predicted octanol–water partition coefficient (Wildman–Crippen LogP) is 1.79. The van der Waals surface area contributed by atoms with Gasteiger partial charge in [0.25, 0.3) is 0 Å². The first-order valence-electron chi connectivity index (χ1n) is 7.89. The predicted molar refractivity (Wildman–Crippen MR) is 83.0 cm³/mol. The van der Waals surface area contributed by atoms with Gasteiger partial charge in [-0.25, -0.2) is 4.98 Å². The molecule has 22 heavy (non-hydrogen) atoms. The lowest BCUT2D eigenvalue weighted by Crippen LogP contribution is -2.27. The van der Waals surface area contributed by atoms with Crippen LogP contribution in [0.5, 0.6) is 0 Å². The zero-order valence-electron chi connectivity index (χ0n) is 13.5. The first-order chi connectivity index (χ1) is 10.6. The van der Waals surface area contributed by atoms with E-state index in [1.54, 1.807) is 0 Å². The summed E-state index contributed by atoms with van der Waals surface area (Å²) >= 11 is 0. The van der Waals surface area contributed by atoms with Crippen LogP contribution in [0.15, 0.2) is 4.99 Å². The van der Waals surface area contributed by atoms with Gasteiger partial charge in [-0.2, -0.15) is 9.83 Å². The van der Waals surface area contributed by atoms with Crippen molar-refractivity contribution in [3.63, 3.8) is 0 Å². The SMILES string of the molecule is Cc1n[nH]c(C)c1CCN=c1nc(C)n(O)c2c1CCCC2. The number of nitrogens with zero attached hydrogens (tertiary/aromatic N) is 4. The number of hydrogen-bond acceptors (Lipinski definition) is 4. The Morgan fingerprint density at radius 1 is 1.23 bits per heavy atom. The molecule has 2 N–H and O–H groups in total. The lowest BCUT2D eigenvalue weighted by atomic mass is 9.97. The largest absolute Gasteiger partial charge is 0.427 e. The van der Waals surface area contributed by atoms with Gasteiger partial charge in [0.2, 0.25) is 0 Å². The van der Waals surface area contributed by atoms with Crippen molar-refractivity contribution in [2.24, 2.45) is 4.99 Å². The summed E-state index contributed by atoms with van der Waals surface area (Å²) < 4.78 is 1.23. The van der Waals surface area contributed by atoms with Gasteiger partial charge in [-0.05, 0) is 58.4 Å². The lowest BCUT2D eigenvalue weighted by molar-refractivity contribution is 0.159. The number of fused-ring (bicyclic) bond motifs is 1. The molecule has 6 heteroatoms. The Labute approximate surface area is 129 Å². The van der Waals surface area contributed by atoms with E-state index in [0.717, 1.165) is 60.2 Å². The van der Waals surface area contributed by atoms with E-state index in [9.17, 15) is 5.21 Å². The van der Waals surface area contributed by atoms with E-state index in [4.69, 9.17) is 4.99 Å². The maximum atomic E-state index is 10.1. The van der Waals surface area contributed by atoms with Crippen molar-refractivity contribution in [1.82, 2.24) is 19.9 Å². The van der Waals surface area contributed by atoms with Gasteiger partial charge in [-0.3, -0.25) is 10.1 Å². The number of hydrogen-bond donors (Lipinski definition) is 2. The van der Waals surface area contributed by atoms with E-state index in [1.165, 1.54) is 10.3 Å². The summed E-state index contributed by atoms with van der Waals surface area (Å²) in [4.78, 5) is 9.17. The van der Waals surface area contributed by atoms with Crippen molar-refractivity contribution in [3.05, 3.63) is 39.5 Å². The van der Waals surface area contributed by atoms with Crippen molar-refractivity contribution in [2.75, 3.05) is 6.54 Å². The van der Waals surface area contributed by atoms with E-state index in [1.807, 2.05) is 20.8 Å². The average molecular weight is 301 g/mol. The maximum Gasteiger partial charge on any atom is 0.154 e. The van der Waals surface area contributed by atoms with Gasteiger partial charge in [0.1, 0.15) is 5.82 Å². The van der Waals surface area contributed by atoms with E-state index < -0.39 is 0 Å². The second-order valence-corrected chi connectivity index (χ2v) is 5.97. The van der Waals surface area contributed by atoms with Crippen LogP contribution in [-0.4, -0.2) is 31.7 Å². The average Bonchev–Trinajstić information content (AvgIpc) is 2.84. The highest BCUT2D eigenvalue weighted by Gasteiger charge is 2.17. The monoisotopic (exact) mass is 301 g/mol. The van der Waals surface area contributed by atoms with Crippen LogP contribution in [0.1, 0.15) is 46.9 Å². The Bertz CT molecular complexity index is 737. The number of aromatic nitrogens is 4. The molecule has 0 amide bonds. The van der Waals surface area contributed by atoms with Crippen LogP contribution in [0.2, 0.25) is 0 Å². The Kier molecular flexibility index (Phi) is 4.00. The van der Waals surface area contributed by atoms with Gasteiger partial charge in [-0.15, -0.1) is 0 Å². The zero-order valence-corrected chi connectivity index (χ0v) is 13.5. The Morgan fingerprint density at radius 2 is 2.00 bits per heavy atom. The molecule has 0 saturated carbocycles. The highest BCUT2D eigenvalue weighted by Crippen LogP contribution is 2.17. The summed E-state index contributed by atoms with van der Waals surface area (Å²) in [6.07, 6.45) is 4.96. The van der Waals surface area contributed by atoms with Crippen LogP contribution in [-0.2, 0) is 19.3 Å². The minimum atomic E-state index is 0.607. The number of nitrogens with one attached hydrogen (secondary N) is 1. The summed E-state index contributed by atoms with van der Waals surface area (Å²) in [5.41, 5.74) is 6.28. The van der Waals surface area contributed by atoms with Crippen LogP contribution in [0.25, 0.3) is 0 Å². The molecule has 0 fully saturated rings. The van der Waals surface area contributed by atoms with Crippen LogP contribution < -0.4 is 5.49 Å². The fraction of sp³-hybridized carbons (Fsp3) is 0.562. The van der Waals surface area contributed by atoms with Gasteiger partial charge in [0, 0.05) is 17.8 Å². The van der Waals surface area contributed by atoms with Gasteiger partial charge in [-0.1, -0.05) is 0 Å². The molecule has 0 radical (unpaired) electrons. The number of H-pyrrole nitrogens is 1. The highest BCUT2D eigenvalue weighted by atomic mass is 16.5. The maximum absolute atomic E-state index is 10.1. The number of rotatable bonds is 3. The molecule has 2 heterocycles. The molecule has 0 unspecified atom stereocenters. The van der Waals surface area contributed by atoms with Crippen molar-refractivity contribution >= 4 is 0 Å². The van der Waals surface area contributed by atoms with E-state index >= 15 is 0 Å². The van der Waals surface area contributed by atoms with Crippen LogP contribution in [0.4, 0.5) is 0 Å². The topological polar surface area (TPSA) is 79.1 Å². The molecule has 118 valence electrons. The fourth-order valence-corrected chi connectivity index (χ4v) is 3.17. The third kappa shape index (κ3) is 2.65. The van der Waals surface area contributed by atoms with Crippen molar-refractivity contribution in [1.29, 1.82) is 0 Å². The lowest BCUT2D eigenvalue weighted by Gasteiger charge is -2.19. The Hall–Kier alpha value is -2.11. The molecule has 1 aliphatic carbocycles. The molecule has 0 saturated heterocycles. The molecule has 6 nitrogen and oxygen atoms in total. The molecule has 2 aromatic rings. The van der Waals surface area contributed by atoms with E-state index in [0.29, 0.717) is 12.4 Å². The molecule has 0 bridgehead atoms. The van der Waals surface area contributed by atoms with Gasteiger partial charge >= 0.3 is 0 Å². The van der Waals surface area contributed by atoms with Crippen molar-refractivity contribution in [3.8, 4) is 0 Å². The fourth-order valence-electron chi connectivity index (χ4n) is 3.17. The molecule has 0 spiro atoms. The second-order valence-electron chi connectivity index (χ2n) is 5.97. The molecule has 0 aliphatic heterocycles. The van der Waals surface area contributed by atoms with E-state index in [2.05, 4.69) is 15.2 Å². The standard InChI is InChI=1S/C16H23N5O/c1-10-13(11(2)20-19-10)8-9-17-16-14-6-4-5-7-15(14)21(22)12(3)18-16/h22H,4-9H2,1-3H3,(H,19,20). The normalized spacial score (nSPS) is 15.1. The quantitative estimate of drug-likeness (QED) is 0.848. The highest BCUT2D eigenvalue weighted by molar-refractivity contribution is 5.24. The van der Waals surface area contributed by atoms with Gasteiger partial charge < -0.3 is 5.21 Å². The molecule has 0 atom stereocenters. The molecule has 1 aliphatic rings. The van der Waals surface area contributed by atoms with Crippen molar-refractivity contribution in [2.45, 2.75) is 52.9 Å². The molecule has 2 aromatic heterocycles. The molecular weight excluding hydrogens is 278 g/mol. The third-order valence-corrected chi connectivity index (χ3v) is 4.44. The molecule has 0 aromatic carbocycles. The summed E-state index contributed by atoms with van der Waals surface area (Å²) in [5, 5.41) is 17.3. The first-order valence-corrected chi connectivity index (χ1v) is 7.89.